The zero-order valence-corrected chi connectivity index (χ0v) is 32.8. The van der Waals surface area contributed by atoms with Gasteiger partial charge in [0.15, 0.2) is 0 Å². The van der Waals surface area contributed by atoms with Crippen molar-refractivity contribution in [1.29, 1.82) is 0 Å². The molecule has 2 saturated heterocycles. The molecule has 13 heteroatoms. The van der Waals surface area contributed by atoms with Crippen molar-refractivity contribution in [2.45, 2.75) is 39.8 Å². The van der Waals surface area contributed by atoms with Crippen LogP contribution in [0.1, 0.15) is 45.5 Å². The van der Waals surface area contributed by atoms with Gasteiger partial charge in [-0.3, -0.25) is 19.4 Å². The van der Waals surface area contributed by atoms with Gasteiger partial charge in [-0.2, -0.15) is 0 Å². The number of hydrogen-bond donors (Lipinski definition) is 3. The third-order valence-electron chi connectivity index (χ3n) is 9.18. The SMILES string of the molecule is C=C1C(=O)N(c2cc(C)c(C)c(OC)c2)[C@H]1c1cccc(O)c1.C=C1C(=O)N(c2cc(C)c(C)c(OC)c2)[C@H]1c1cccc(OC)c1.CS(C)(=O)(O)OO. The molecule has 2 fully saturated rings. The first-order valence-electron chi connectivity index (χ1n) is 16.7. The number of carbonyl (C=O) groups is 2. The van der Waals surface area contributed by atoms with E-state index in [1.165, 1.54) is 0 Å². The summed E-state index contributed by atoms with van der Waals surface area (Å²) in [6, 6.07) is 21.9. The maximum Gasteiger partial charge on any atom is 0.256 e. The van der Waals surface area contributed by atoms with Gasteiger partial charge in [0, 0.05) is 47.2 Å². The fraction of sp³-hybridized carbons (Fsp3) is 0.268. The second-order valence-corrected chi connectivity index (χ2v) is 17.0. The topological polar surface area (TPSA) is 155 Å². The molecule has 6 rings (SSSR count). The molecule has 3 N–H and O–H groups in total. The molecule has 0 saturated carbocycles. The Morgan fingerprint density at radius 1 is 0.667 bits per heavy atom. The Morgan fingerprint density at radius 3 is 1.44 bits per heavy atom. The Morgan fingerprint density at radius 2 is 1.07 bits per heavy atom. The smallest absolute Gasteiger partial charge is 0.256 e. The van der Waals surface area contributed by atoms with E-state index in [0.29, 0.717) is 11.1 Å². The van der Waals surface area contributed by atoms with Gasteiger partial charge in [-0.1, -0.05) is 37.4 Å². The van der Waals surface area contributed by atoms with E-state index in [2.05, 4.69) is 17.5 Å². The Balaban J connectivity index is 0.000000205. The summed E-state index contributed by atoms with van der Waals surface area (Å²) >= 11 is 0. The number of amides is 2. The van der Waals surface area contributed by atoms with Gasteiger partial charge in [0.25, 0.3) is 11.8 Å². The molecule has 0 unspecified atom stereocenters. The summed E-state index contributed by atoms with van der Waals surface area (Å²) in [6.07, 6.45) is 1.80. The van der Waals surface area contributed by atoms with Gasteiger partial charge in [0.05, 0.1) is 33.4 Å². The summed E-state index contributed by atoms with van der Waals surface area (Å²) in [4.78, 5) is 28.2. The minimum Gasteiger partial charge on any atom is -0.508 e. The van der Waals surface area contributed by atoms with Gasteiger partial charge in [0.1, 0.15) is 32.6 Å². The van der Waals surface area contributed by atoms with E-state index in [1.54, 1.807) is 49.3 Å². The van der Waals surface area contributed by atoms with Gasteiger partial charge >= 0.3 is 0 Å². The van der Waals surface area contributed by atoms with Crippen LogP contribution in [0.5, 0.6) is 23.0 Å². The molecule has 0 aromatic heterocycles. The van der Waals surface area contributed by atoms with Crippen LogP contribution in [-0.4, -0.2) is 64.8 Å². The maximum absolute atomic E-state index is 12.5. The van der Waals surface area contributed by atoms with E-state index in [9.17, 15) is 18.9 Å². The first-order chi connectivity index (χ1) is 25.2. The van der Waals surface area contributed by atoms with E-state index in [0.717, 1.165) is 74.5 Å². The molecule has 2 amide bonds. The summed E-state index contributed by atoms with van der Waals surface area (Å²) in [5.41, 5.74) is 8.79. The van der Waals surface area contributed by atoms with Gasteiger partial charge < -0.3 is 23.9 Å². The second kappa shape index (κ2) is 15.9. The Kier molecular flexibility index (Phi) is 12.1. The molecule has 2 heterocycles. The monoisotopic (exact) mass is 760 g/mol. The van der Waals surface area contributed by atoms with Crippen molar-refractivity contribution < 1.29 is 47.3 Å². The van der Waals surface area contributed by atoms with Crippen LogP contribution in [0.25, 0.3) is 0 Å². The van der Waals surface area contributed by atoms with Gasteiger partial charge in [0.2, 0.25) is 0 Å². The van der Waals surface area contributed by atoms with Crippen molar-refractivity contribution >= 4 is 32.8 Å². The lowest BCUT2D eigenvalue weighted by molar-refractivity contribution is -0.141. The molecule has 0 aliphatic carbocycles. The van der Waals surface area contributed by atoms with E-state index < -0.39 is 9.63 Å². The van der Waals surface area contributed by atoms with Gasteiger partial charge in [-0.15, -0.1) is 4.33 Å². The van der Waals surface area contributed by atoms with E-state index >= 15 is 0 Å². The highest BCUT2D eigenvalue weighted by Crippen LogP contribution is 2.46. The summed E-state index contributed by atoms with van der Waals surface area (Å²) in [5.74, 6) is 2.29. The van der Waals surface area contributed by atoms with Crippen LogP contribution in [0, 0.1) is 27.7 Å². The summed E-state index contributed by atoms with van der Waals surface area (Å²) < 4.78 is 38.0. The third-order valence-corrected chi connectivity index (χ3v) is 9.60. The van der Waals surface area contributed by atoms with E-state index in [4.69, 9.17) is 24.0 Å². The van der Waals surface area contributed by atoms with Crippen LogP contribution in [0.2, 0.25) is 0 Å². The largest absolute Gasteiger partial charge is 0.508 e. The van der Waals surface area contributed by atoms with Gasteiger partial charge in [-0.05, 0) is 97.5 Å². The maximum atomic E-state index is 12.5. The Labute approximate surface area is 316 Å². The van der Waals surface area contributed by atoms with Crippen LogP contribution < -0.4 is 24.0 Å². The fourth-order valence-electron chi connectivity index (χ4n) is 6.02. The molecular weight excluding hydrogens is 713 g/mol. The first-order valence-corrected chi connectivity index (χ1v) is 19.4. The lowest BCUT2D eigenvalue weighted by Crippen LogP contribution is -2.48. The molecule has 2 atom stereocenters. The number of benzene rings is 4. The highest BCUT2D eigenvalue weighted by atomic mass is 32.3. The van der Waals surface area contributed by atoms with Crippen LogP contribution in [0.4, 0.5) is 11.4 Å². The number of nitrogens with zero attached hydrogens (tertiary/aromatic N) is 2. The number of β-lactam (4-membered cyclic amide) rings is 2. The van der Waals surface area contributed by atoms with Crippen molar-refractivity contribution in [3.05, 3.63) is 130 Å². The highest BCUT2D eigenvalue weighted by Gasteiger charge is 2.44. The Hall–Kier alpha value is -5.47. The molecular formula is C41H48N2O10S. The van der Waals surface area contributed by atoms with Crippen molar-refractivity contribution in [2.24, 2.45) is 0 Å². The minimum absolute atomic E-state index is 0.0619. The molecule has 2 aliphatic rings. The molecule has 0 spiro atoms. The van der Waals surface area contributed by atoms with Crippen molar-refractivity contribution in [3.63, 3.8) is 0 Å². The molecule has 12 nitrogen and oxygen atoms in total. The molecule has 4 aromatic rings. The molecule has 4 aromatic carbocycles. The van der Waals surface area contributed by atoms with Crippen LogP contribution in [0.3, 0.4) is 0 Å². The summed E-state index contributed by atoms with van der Waals surface area (Å²) in [6.45, 7) is 15.8. The second-order valence-electron chi connectivity index (χ2n) is 13.5. The number of rotatable bonds is 8. The quantitative estimate of drug-likeness (QED) is 0.0709. The van der Waals surface area contributed by atoms with Crippen LogP contribution in [0.15, 0.2) is 97.1 Å². The third kappa shape index (κ3) is 8.83. The Bertz CT molecular complexity index is 2180. The average molecular weight is 761 g/mol. The number of anilines is 2. The number of phenolic OH excluding ortho intramolecular Hbond substituents is 1. The van der Waals surface area contributed by atoms with Crippen LogP contribution >= 0.6 is 0 Å². The zero-order chi connectivity index (χ0) is 40.3. The number of ether oxygens (including phenoxy) is 3. The lowest BCUT2D eigenvalue weighted by atomic mass is 9.88. The summed E-state index contributed by atoms with van der Waals surface area (Å²) in [7, 11) is 0.832. The standard InChI is InChI=1S/C20H21NO3.C19H19NO3.C2H8O4S/c1-12-9-16(11-18(24-5)13(12)2)21-19(14(3)20(21)22)15-7-6-8-17(10-15)23-4;1-11-8-15(10-17(23-4)12(11)2)20-18(13(3)19(20)22)14-6-5-7-16(21)9-14;1-7(2,4,5)6-3/h6-11,19H,3H2,1-2,4-5H3;5-10,18,21H,3H2,1-2,4H3;3H,1-2H3,(H,4,5)/t19-;18-;/m11./s1. The lowest BCUT2D eigenvalue weighted by Gasteiger charge is -2.43. The van der Waals surface area contributed by atoms with Crippen molar-refractivity contribution in [1.82, 2.24) is 0 Å². The van der Waals surface area contributed by atoms with Gasteiger partial charge in [-0.25, -0.2) is 9.47 Å². The number of hydrogen-bond acceptors (Lipinski definition) is 9. The van der Waals surface area contributed by atoms with Crippen LogP contribution in [-0.2, 0) is 23.6 Å². The number of phenols is 1. The van der Waals surface area contributed by atoms with E-state index in [-0.39, 0.29) is 29.6 Å². The number of methoxy groups -OCH3 is 3. The molecule has 2 aliphatic heterocycles. The predicted molar refractivity (Wildman–Crippen MR) is 211 cm³/mol. The number of carbonyl (C=O) groups excluding carboxylic acids is 2. The highest BCUT2D eigenvalue weighted by molar-refractivity contribution is 8.09. The summed E-state index contributed by atoms with van der Waals surface area (Å²) in [5, 5.41) is 17.3. The normalized spacial score (nSPS) is 17.1. The van der Waals surface area contributed by atoms with Crippen molar-refractivity contribution in [2.75, 3.05) is 43.6 Å². The minimum atomic E-state index is -4.06. The van der Waals surface area contributed by atoms with Crippen molar-refractivity contribution in [3.8, 4) is 23.0 Å². The zero-order valence-electron chi connectivity index (χ0n) is 32.0. The average Bonchev–Trinajstić information content (AvgIpc) is 3.14. The van der Waals surface area contributed by atoms with E-state index in [1.807, 2.05) is 82.3 Å². The molecule has 0 bridgehead atoms. The number of aromatic hydroxyl groups is 1. The first kappa shape index (κ1) is 41.3. The molecule has 0 radical (unpaired) electrons. The predicted octanol–water partition coefficient (Wildman–Crippen LogP) is 7.57. The fourth-order valence-corrected chi connectivity index (χ4v) is 6.02. The number of aryl methyl sites for hydroxylation is 2. The molecule has 54 heavy (non-hydrogen) atoms. The molecule has 288 valence electrons.